The number of terminal acetylenes is 1. The Morgan fingerprint density at radius 3 is 1.42 bits per heavy atom. The maximum Gasteiger partial charge on any atom is 0.416 e. The maximum atomic E-state index is 13.5. The number of hydrogen-bond acceptors (Lipinski definition) is 12. The number of alkyl halides is 6. The number of rotatable bonds is 12. The van der Waals surface area contributed by atoms with E-state index in [-0.39, 0.29) is 110 Å². The van der Waals surface area contributed by atoms with Crippen molar-refractivity contribution >= 4 is 87.8 Å². The van der Waals surface area contributed by atoms with Crippen molar-refractivity contribution in [3.63, 3.8) is 0 Å². The van der Waals surface area contributed by atoms with Crippen LogP contribution in [0.1, 0.15) is 68.1 Å². The third kappa shape index (κ3) is 13.2. The van der Waals surface area contributed by atoms with Gasteiger partial charge in [-0.25, -0.2) is 26.4 Å². The van der Waals surface area contributed by atoms with E-state index in [1.165, 1.54) is 44.9 Å². The summed E-state index contributed by atoms with van der Waals surface area (Å²) in [6.45, 7) is -0.481. The lowest BCUT2D eigenvalue weighted by molar-refractivity contribution is -0.138. The highest BCUT2D eigenvalue weighted by Gasteiger charge is 2.37. The standard InChI is InChI=1S/C25H24F3N5O5S.C14H16N4O4S.C11H9F3INO/c1-31-19-20(30-23(31)39(37,38)13-14-5-6-14)33(24(36)32(2)22(19)35)9-3-4-15-10-17(25(26,27)28)12-18(11-15)29-21(34)16-7-8-16;1-4-7-18-11-10(12(19)17(3)14(18)20)16(2)13(15-11)23(21,22)8-9-5-6-9;12-11(13,14)7-3-8(15)5-9(4-7)16-10(17)6-1-2-6/h10-12,14,16H,5-9,13H2,1-2H3,(H,29,34);1,9H,5-8H2,2-3H3;3-6H,1-2H2,(H,16,17). The van der Waals surface area contributed by atoms with E-state index in [0.29, 0.717) is 16.4 Å². The molecule has 0 saturated heterocycles. The lowest BCUT2D eigenvalue weighted by atomic mass is 10.1. The van der Waals surface area contributed by atoms with Crippen molar-refractivity contribution in [2.24, 2.45) is 51.9 Å². The van der Waals surface area contributed by atoms with Crippen LogP contribution < -0.4 is 33.1 Å². The van der Waals surface area contributed by atoms with E-state index in [1.807, 2.05) is 0 Å². The van der Waals surface area contributed by atoms with E-state index in [0.717, 1.165) is 85.6 Å². The number of sulfone groups is 2. The second kappa shape index (κ2) is 21.9. The fourth-order valence-electron chi connectivity index (χ4n) is 8.25. The van der Waals surface area contributed by atoms with Crippen LogP contribution in [-0.4, -0.2) is 77.5 Å². The van der Waals surface area contributed by atoms with E-state index in [1.54, 1.807) is 22.6 Å². The Morgan fingerprint density at radius 1 is 0.620 bits per heavy atom. The minimum absolute atomic E-state index is 0.00382. The smallest absolute Gasteiger partial charge is 0.326 e. The molecule has 2 N–H and O–H groups in total. The number of nitrogens with zero attached hydrogens (tertiary/aromatic N) is 8. The maximum absolute atomic E-state index is 13.5. The highest BCUT2D eigenvalue weighted by Crippen LogP contribution is 2.37. The number of aromatic nitrogens is 8. The summed E-state index contributed by atoms with van der Waals surface area (Å²) in [5.41, 5.74) is -4.65. The SMILES string of the molecule is C#CCn1c(=O)n(C)c(=O)c2c1nc(S(=O)(=O)CC1CC1)n2C.Cn1c(=O)c2c(nc(S(=O)(=O)CC3CC3)n2C)n(CC#Cc2cc(NC(=O)C3CC3)cc(C(F)(F)F)c2)c1=O.O=C(Nc1cc(I)cc(C(F)(F)F)c1)C1CC1. The van der Waals surface area contributed by atoms with Crippen molar-refractivity contribution in [2.45, 2.75) is 87.1 Å². The third-order valence-electron chi connectivity index (χ3n) is 13.1. The molecule has 0 unspecified atom stereocenters. The molecule has 6 aromatic rings. The van der Waals surface area contributed by atoms with Gasteiger partial charge in [0.05, 0.1) is 35.7 Å². The lowest BCUT2D eigenvalue weighted by Crippen LogP contribution is -2.38. The number of fused-ring (bicyclic) bond motifs is 2. The zero-order valence-electron chi connectivity index (χ0n) is 42.5. The monoisotopic (exact) mass is 1250 g/mol. The first kappa shape index (κ1) is 58.2. The lowest BCUT2D eigenvalue weighted by Gasteiger charge is -2.11. The number of nitrogens with one attached hydrogen (secondary N) is 2. The van der Waals surface area contributed by atoms with Gasteiger partial charge in [0.25, 0.3) is 11.1 Å². The van der Waals surface area contributed by atoms with Gasteiger partial charge in [0.2, 0.25) is 41.8 Å². The fourth-order valence-corrected chi connectivity index (χ4v) is 12.6. The van der Waals surface area contributed by atoms with Gasteiger partial charge < -0.3 is 19.8 Å². The third-order valence-corrected chi connectivity index (χ3v) is 17.4. The zero-order chi connectivity index (χ0) is 57.8. The van der Waals surface area contributed by atoms with Crippen LogP contribution in [0.4, 0.5) is 37.7 Å². The molecule has 420 valence electrons. The minimum atomic E-state index is -4.69. The summed E-state index contributed by atoms with van der Waals surface area (Å²) in [6, 6.07) is 6.48. The highest BCUT2D eigenvalue weighted by molar-refractivity contribution is 14.1. The first-order valence-corrected chi connectivity index (χ1v) is 28.7. The van der Waals surface area contributed by atoms with Crippen LogP contribution >= 0.6 is 22.6 Å². The number of imidazole rings is 2. The number of amides is 2. The molecule has 2 amide bonds. The number of benzene rings is 2. The minimum Gasteiger partial charge on any atom is -0.326 e. The predicted molar refractivity (Wildman–Crippen MR) is 284 cm³/mol. The fraction of sp³-hybridized carbons (Fsp3) is 0.440. The quantitative estimate of drug-likeness (QED) is 0.0939. The molecule has 79 heavy (non-hydrogen) atoms. The summed E-state index contributed by atoms with van der Waals surface area (Å²) in [5.74, 6) is 6.77. The molecule has 0 spiro atoms. The van der Waals surface area contributed by atoms with Gasteiger partial charge >= 0.3 is 23.7 Å². The average molecular weight is 1260 g/mol. The van der Waals surface area contributed by atoms with Crippen molar-refractivity contribution in [3.05, 3.63) is 98.3 Å². The van der Waals surface area contributed by atoms with E-state index < -0.39 is 65.7 Å². The topological polar surface area (TPSA) is 250 Å². The molecule has 0 atom stereocenters. The molecule has 4 saturated carbocycles. The number of aryl methyl sites for hydroxylation is 2. The predicted octanol–water partition coefficient (Wildman–Crippen LogP) is 4.95. The van der Waals surface area contributed by atoms with Crippen LogP contribution in [0, 0.1) is 51.4 Å². The summed E-state index contributed by atoms with van der Waals surface area (Å²) in [7, 11) is -2.09. The molecule has 20 nitrogen and oxygen atoms in total. The Morgan fingerprint density at radius 2 is 1.03 bits per heavy atom. The number of anilines is 2. The number of carbonyl (C=O) groups excluding carboxylic acids is 2. The van der Waals surface area contributed by atoms with Crippen LogP contribution in [0.5, 0.6) is 0 Å². The van der Waals surface area contributed by atoms with E-state index in [4.69, 9.17) is 6.42 Å². The van der Waals surface area contributed by atoms with Crippen LogP contribution in [-0.2, 0) is 82.9 Å². The van der Waals surface area contributed by atoms with Crippen molar-refractivity contribution in [1.29, 1.82) is 0 Å². The summed E-state index contributed by atoms with van der Waals surface area (Å²) in [4.78, 5) is 82.0. The normalized spacial score (nSPS) is 15.5. The van der Waals surface area contributed by atoms with Crippen molar-refractivity contribution in [2.75, 3.05) is 22.1 Å². The zero-order valence-corrected chi connectivity index (χ0v) is 46.2. The Bertz CT molecular complexity index is 4090. The number of carbonyl (C=O) groups is 2. The van der Waals surface area contributed by atoms with E-state index in [9.17, 15) is 71.9 Å². The van der Waals surface area contributed by atoms with Gasteiger partial charge in [0, 0.05) is 60.5 Å². The second-order valence-corrected chi connectivity index (χ2v) is 24.8. The molecule has 10 rings (SSSR count). The van der Waals surface area contributed by atoms with Crippen molar-refractivity contribution < 1.29 is 52.8 Å². The molecule has 0 bridgehead atoms. The van der Waals surface area contributed by atoms with Crippen LogP contribution in [0.25, 0.3) is 22.3 Å². The second-order valence-electron chi connectivity index (χ2n) is 19.7. The van der Waals surface area contributed by atoms with Gasteiger partial charge in [0.15, 0.2) is 22.3 Å². The first-order valence-electron chi connectivity index (χ1n) is 24.3. The molecule has 4 heterocycles. The first-order chi connectivity index (χ1) is 36.9. The summed E-state index contributed by atoms with van der Waals surface area (Å²) >= 11 is 1.80. The summed E-state index contributed by atoms with van der Waals surface area (Å²) in [6.07, 6.45) is 2.52. The largest absolute Gasteiger partial charge is 0.416 e. The molecule has 4 fully saturated rings. The molecular formula is C50H49F6IN10O10S2. The molecule has 4 aliphatic carbocycles. The molecule has 4 aliphatic rings. The Kier molecular flexibility index (Phi) is 16.1. The van der Waals surface area contributed by atoms with Gasteiger partial charge in [0.1, 0.15) is 0 Å². The Labute approximate surface area is 459 Å². The number of halogens is 7. The molecule has 29 heteroatoms. The number of hydrogen-bond donors (Lipinski definition) is 2. The van der Waals surface area contributed by atoms with Gasteiger partial charge in [-0.3, -0.25) is 37.4 Å². The van der Waals surface area contributed by atoms with Gasteiger partial charge in [-0.05, 0) is 122 Å². The van der Waals surface area contributed by atoms with Gasteiger partial charge in [-0.2, -0.15) is 36.3 Å². The Balaban J connectivity index is 0.000000173. The van der Waals surface area contributed by atoms with E-state index in [2.05, 4.69) is 38.4 Å². The summed E-state index contributed by atoms with van der Waals surface area (Å²) in [5, 5.41) is 4.45. The van der Waals surface area contributed by atoms with Gasteiger partial charge in [-0.15, -0.1) is 6.42 Å². The van der Waals surface area contributed by atoms with Crippen LogP contribution in [0.15, 0.2) is 65.9 Å². The van der Waals surface area contributed by atoms with Crippen molar-refractivity contribution in [3.8, 4) is 24.2 Å². The molecular weight excluding hydrogens is 1210 g/mol. The van der Waals surface area contributed by atoms with Crippen LogP contribution in [0.2, 0.25) is 0 Å². The van der Waals surface area contributed by atoms with Crippen LogP contribution in [0.3, 0.4) is 0 Å². The molecule has 4 aromatic heterocycles. The van der Waals surface area contributed by atoms with Gasteiger partial charge in [-0.1, -0.05) is 17.8 Å². The highest BCUT2D eigenvalue weighted by atomic mass is 127. The Hall–Kier alpha value is -6.99. The summed E-state index contributed by atoms with van der Waals surface area (Å²) < 4.78 is 136. The van der Waals surface area contributed by atoms with Crippen molar-refractivity contribution in [1.82, 2.24) is 37.4 Å². The molecule has 2 aromatic carbocycles. The van der Waals surface area contributed by atoms with E-state index >= 15 is 0 Å². The average Bonchev–Trinajstić information content (AvgIpc) is 4.34. The molecule has 0 aliphatic heterocycles. The molecule has 0 radical (unpaired) electrons.